The fourth-order valence-electron chi connectivity index (χ4n) is 2.54. The molecular formula is C16H22N2O4S. The van der Waals surface area contributed by atoms with Gasteiger partial charge in [0.1, 0.15) is 6.04 Å². The van der Waals surface area contributed by atoms with Gasteiger partial charge in [-0.15, -0.1) is 0 Å². The van der Waals surface area contributed by atoms with Crippen LogP contribution in [-0.4, -0.2) is 55.8 Å². The van der Waals surface area contributed by atoms with Gasteiger partial charge >= 0.3 is 0 Å². The number of benzene rings is 1. The number of carbonyl (C=O) groups excluding carboxylic acids is 2. The molecule has 126 valence electrons. The molecule has 1 aliphatic heterocycles. The van der Waals surface area contributed by atoms with E-state index >= 15 is 0 Å². The summed E-state index contributed by atoms with van der Waals surface area (Å²) in [7, 11) is -3.03. The summed E-state index contributed by atoms with van der Waals surface area (Å²) in [5.41, 5.74) is 2.44. The fraction of sp³-hybridized carbons (Fsp3) is 0.500. The topological polar surface area (TPSA) is 83.6 Å². The summed E-state index contributed by atoms with van der Waals surface area (Å²) in [4.78, 5) is 26.2. The molecule has 1 aliphatic rings. The van der Waals surface area contributed by atoms with Gasteiger partial charge in [-0.1, -0.05) is 12.1 Å². The molecule has 0 aromatic heterocycles. The van der Waals surface area contributed by atoms with Crippen LogP contribution < -0.4 is 5.32 Å². The van der Waals surface area contributed by atoms with Gasteiger partial charge in [-0.25, -0.2) is 8.42 Å². The van der Waals surface area contributed by atoms with E-state index in [0.717, 1.165) is 11.1 Å². The highest BCUT2D eigenvalue weighted by molar-refractivity contribution is 7.91. The number of hydrogen-bond acceptors (Lipinski definition) is 4. The lowest BCUT2D eigenvalue weighted by molar-refractivity contribution is -0.132. The maximum absolute atomic E-state index is 12.3. The Labute approximate surface area is 136 Å². The van der Waals surface area contributed by atoms with Crippen LogP contribution in [0.4, 0.5) is 0 Å². The molecule has 0 unspecified atom stereocenters. The maximum Gasteiger partial charge on any atom is 0.252 e. The van der Waals surface area contributed by atoms with E-state index in [0.29, 0.717) is 5.56 Å². The number of nitrogens with one attached hydrogen (secondary N) is 1. The van der Waals surface area contributed by atoms with E-state index in [9.17, 15) is 18.0 Å². The molecule has 0 radical (unpaired) electrons. The van der Waals surface area contributed by atoms with Gasteiger partial charge in [0.25, 0.3) is 5.91 Å². The minimum absolute atomic E-state index is 0.0175. The standard InChI is InChI=1S/C16H22N2O4S/c1-11-5-4-6-14(12(11)2)15(19)17-13(3)16(20)18-7-9-23(21,22)10-8-18/h4-6,13H,7-10H2,1-3H3,(H,17,19)/t13-/m0/s1. The van der Waals surface area contributed by atoms with Gasteiger partial charge in [0.05, 0.1) is 11.5 Å². The number of aryl methyl sites for hydroxylation is 1. The number of carbonyl (C=O) groups is 2. The Balaban J connectivity index is 2.01. The van der Waals surface area contributed by atoms with Gasteiger partial charge in [-0.05, 0) is 38.0 Å². The number of hydrogen-bond donors (Lipinski definition) is 1. The third kappa shape index (κ3) is 4.10. The summed E-state index contributed by atoms with van der Waals surface area (Å²) < 4.78 is 22.8. The molecule has 6 nitrogen and oxygen atoms in total. The first kappa shape index (κ1) is 17.5. The normalized spacial score (nSPS) is 18.3. The second-order valence-electron chi connectivity index (χ2n) is 5.92. The van der Waals surface area contributed by atoms with Gasteiger partial charge in [-0.2, -0.15) is 0 Å². The van der Waals surface area contributed by atoms with Crippen LogP contribution in [0.25, 0.3) is 0 Å². The first-order chi connectivity index (χ1) is 10.7. The molecule has 0 saturated carbocycles. The molecule has 2 amide bonds. The van der Waals surface area contributed by atoms with Crippen LogP contribution in [0, 0.1) is 13.8 Å². The van der Waals surface area contributed by atoms with Crippen LogP contribution in [0.15, 0.2) is 18.2 Å². The largest absolute Gasteiger partial charge is 0.341 e. The molecule has 1 saturated heterocycles. The predicted octanol–water partition coefficient (Wildman–Crippen LogP) is 0.679. The van der Waals surface area contributed by atoms with Crippen molar-refractivity contribution in [2.24, 2.45) is 0 Å². The van der Waals surface area contributed by atoms with E-state index in [1.165, 1.54) is 4.90 Å². The highest BCUT2D eigenvalue weighted by Gasteiger charge is 2.28. The van der Waals surface area contributed by atoms with Gasteiger partial charge in [0.15, 0.2) is 9.84 Å². The minimum atomic E-state index is -3.03. The van der Waals surface area contributed by atoms with Crippen molar-refractivity contribution >= 4 is 21.7 Å². The average molecular weight is 338 g/mol. The Kier molecular flexibility index (Phi) is 5.09. The third-order valence-electron chi connectivity index (χ3n) is 4.22. The van der Waals surface area contributed by atoms with E-state index < -0.39 is 15.9 Å². The van der Waals surface area contributed by atoms with Gasteiger partial charge in [-0.3, -0.25) is 9.59 Å². The van der Waals surface area contributed by atoms with Crippen LogP contribution >= 0.6 is 0 Å². The maximum atomic E-state index is 12.3. The van der Waals surface area contributed by atoms with Crippen LogP contribution in [0.1, 0.15) is 28.4 Å². The zero-order valence-electron chi connectivity index (χ0n) is 13.6. The quantitative estimate of drug-likeness (QED) is 0.878. The average Bonchev–Trinajstić information content (AvgIpc) is 2.49. The highest BCUT2D eigenvalue weighted by atomic mass is 32.2. The third-order valence-corrected chi connectivity index (χ3v) is 5.83. The summed E-state index contributed by atoms with van der Waals surface area (Å²) in [5.74, 6) is -0.581. The summed E-state index contributed by atoms with van der Waals surface area (Å²) >= 11 is 0. The second kappa shape index (κ2) is 6.70. The zero-order valence-corrected chi connectivity index (χ0v) is 14.4. The first-order valence-electron chi connectivity index (χ1n) is 7.57. The molecule has 1 fully saturated rings. The van der Waals surface area contributed by atoms with Gasteiger partial charge in [0, 0.05) is 18.7 Å². The Bertz CT molecular complexity index is 714. The Morgan fingerprint density at radius 2 is 1.78 bits per heavy atom. The summed E-state index contributed by atoms with van der Waals surface area (Å²) in [6, 6.07) is 4.76. The van der Waals surface area contributed by atoms with E-state index in [-0.39, 0.29) is 36.4 Å². The van der Waals surface area contributed by atoms with Crippen LogP contribution in [0.3, 0.4) is 0 Å². The summed E-state index contributed by atoms with van der Waals surface area (Å²) in [6.45, 7) is 5.78. The first-order valence-corrected chi connectivity index (χ1v) is 9.40. The Morgan fingerprint density at radius 1 is 1.17 bits per heavy atom. The van der Waals surface area contributed by atoms with Crippen molar-refractivity contribution in [1.82, 2.24) is 10.2 Å². The molecule has 1 heterocycles. The number of rotatable bonds is 3. The molecule has 1 aromatic carbocycles. The van der Waals surface area contributed by atoms with Crippen molar-refractivity contribution in [3.63, 3.8) is 0 Å². The molecule has 7 heteroatoms. The molecule has 0 bridgehead atoms. The smallest absolute Gasteiger partial charge is 0.252 e. The predicted molar refractivity (Wildman–Crippen MR) is 88.1 cm³/mol. The lowest BCUT2D eigenvalue weighted by atomic mass is 10.0. The summed E-state index contributed by atoms with van der Waals surface area (Å²) in [5, 5.41) is 2.70. The monoisotopic (exact) mass is 338 g/mol. The van der Waals surface area contributed by atoms with Crippen LogP contribution in [0.2, 0.25) is 0 Å². The molecular weight excluding hydrogens is 316 g/mol. The number of sulfone groups is 1. The zero-order chi connectivity index (χ0) is 17.2. The molecule has 23 heavy (non-hydrogen) atoms. The second-order valence-corrected chi connectivity index (χ2v) is 8.22. The van der Waals surface area contributed by atoms with E-state index in [1.807, 2.05) is 19.9 Å². The van der Waals surface area contributed by atoms with Crippen molar-refractivity contribution < 1.29 is 18.0 Å². The van der Waals surface area contributed by atoms with Gasteiger partial charge in [0.2, 0.25) is 5.91 Å². The lowest BCUT2D eigenvalue weighted by Crippen LogP contribution is -2.51. The highest BCUT2D eigenvalue weighted by Crippen LogP contribution is 2.13. The van der Waals surface area contributed by atoms with Crippen molar-refractivity contribution in [3.05, 3.63) is 34.9 Å². The number of amides is 2. The van der Waals surface area contributed by atoms with Crippen molar-refractivity contribution in [3.8, 4) is 0 Å². The molecule has 0 aliphatic carbocycles. The fourth-order valence-corrected chi connectivity index (χ4v) is 3.74. The molecule has 1 atom stereocenters. The van der Waals surface area contributed by atoms with E-state index in [1.54, 1.807) is 19.1 Å². The minimum Gasteiger partial charge on any atom is -0.341 e. The molecule has 0 spiro atoms. The van der Waals surface area contributed by atoms with Crippen LogP contribution in [-0.2, 0) is 14.6 Å². The van der Waals surface area contributed by atoms with Gasteiger partial charge < -0.3 is 10.2 Å². The molecule has 1 N–H and O–H groups in total. The molecule has 1 aromatic rings. The van der Waals surface area contributed by atoms with E-state index in [2.05, 4.69) is 5.32 Å². The SMILES string of the molecule is Cc1cccc(C(=O)N[C@@H](C)C(=O)N2CCS(=O)(=O)CC2)c1C. The van der Waals surface area contributed by atoms with Crippen molar-refractivity contribution in [2.75, 3.05) is 24.6 Å². The molecule has 2 rings (SSSR count). The van der Waals surface area contributed by atoms with E-state index in [4.69, 9.17) is 0 Å². The Hall–Kier alpha value is -1.89. The summed E-state index contributed by atoms with van der Waals surface area (Å²) in [6.07, 6.45) is 0. The van der Waals surface area contributed by atoms with Crippen molar-refractivity contribution in [2.45, 2.75) is 26.8 Å². The van der Waals surface area contributed by atoms with Crippen molar-refractivity contribution in [1.29, 1.82) is 0 Å². The van der Waals surface area contributed by atoms with Crippen LogP contribution in [0.5, 0.6) is 0 Å². The number of nitrogens with zero attached hydrogens (tertiary/aromatic N) is 1. The Morgan fingerprint density at radius 3 is 2.39 bits per heavy atom. The lowest BCUT2D eigenvalue weighted by Gasteiger charge is -2.29.